The van der Waals surface area contributed by atoms with Crippen molar-refractivity contribution >= 4 is 11.0 Å². The fourth-order valence-electron chi connectivity index (χ4n) is 2.72. The van der Waals surface area contributed by atoms with Crippen LogP contribution in [-0.2, 0) is 0 Å². The molecule has 0 bridgehead atoms. The molecule has 2 heterocycles. The van der Waals surface area contributed by atoms with Gasteiger partial charge in [0.15, 0.2) is 0 Å². The molecule has 0 aliphatic carbocycles. The zero-order chi connectivity index (χ0) is 15.3. The number of aryl methyl sites for hydroxylation is 1. The van der Waals surface area contributed by atoms with Gasteiger partial charge < -0.3 is 4.98 Å². The SMILES string of the molecule is Cc1ccc(-n2c(=O)c3c[nH]c4ccccc4n-3c2=O)cc1. The molecule has 108 valence electrons. The number of hydrogen-bond donors (Lipinski definition) is 1. The number of aromatic amines is 1. The van der Waals surface area contributed by atoms with E-state index in [1.807, 2.05) is 43.3 Å². The minimum Gasteiger partial charge on any atom is -0.358 e. The van der Waals surface area contributed by atoms with Crippen LogP contribution in [-0.4, -0.2) is 14.1 Å². The molecule has 22 heavy (non-hydrogen) atoms. The third kappa shape index (κ3) is 1.65. The Kier molecular flexibility index (Phi) is 2.56. The average Bonchev–Trinajstić information content (AvgIpc) is 2.80. The van der Waals surface area contributed by atoms with Gasteiger partial charge in [0, 0.05) is 6.20 Å². The first kappa shape index (κ1) is 12.6. The van der Waals surface area contributed by atoms with Crippen molar-refractivity contribution in [2.45, 2.75) is 6.92 Å². The molecule has 2 aliphatic rings. The molecule has 0 amide bonds. The Morgan fingerprint density at radius 3 is 2.41 bits per heavy atom. The second-order valence-corrected chi connectivity index (χ2v) is 5.29. The van der Waals surface area contributed by atoms with E-state index in [2.05, 4.69) is 4.98 Å². The maximum atomic E-state index is 12.8. The third-order valence-corrected chi connectivity index (χ3v) is 3.85. The maximum Gasteiger partial charge on any atom is 0.341 e. The van der Waals surface area contributed by atoms with Crippen molar-refractivity contribution in [2.75, 3.05) is 0 Å². The molecule has 0 fully saturated rings. The highest BCUT2D eigenvalue weighted by Crippen LogP contribution is 2.15. The van der Waals surface area contributed by atoms with Gasteiger partial charge in [0.1, 0.15) is 5.69 Å². The van der Waals surface area contributed by atoms with Crippen LogP contribution in [0.4, 0.5) is 0 Å². The molecule has 0 aromatic heterocycles. The summed E-state index contributed by atoms with van der Waals surface area (Å²) in [6.07, 6.45) is 1.58. The summed E-state index contributed by atoms with van der Waals surface area (Å²) in [5, 5.41) is 0. The molecular weight excluding hydrogens is 278 g/mol. The summed E-state index contributed by atoms with van der Waals surface area (Å²) < 4.78 is 2.66. The first-order valence-electron chi connectivity index (χ1n) is 6.98. The number of hydrogen-bond acceptors (Lipinski definition) is 2. The molecule has 2 aromatic rings. The van der Waals surface area contributed by atoms with Crippen molar-refractivity contribution in [3.8, 4) is 11.4 Å². The normalized spacial score (nSPS) is 11.3. The fourth-order valence-corrected chi connectivity index (χ4v) is 2.72. The largest absolute Gasteiger partial charge is 0.358 e. The molecule has 5 heteroatoms. The highest BCUT2D eigenvalue weighted by Gasteiger charge is 2.20. The topological polar surface area (TPSA) is 59.8 Å². The molecule has 2 aliphatic heterocycles. The number of H-pyrrole nitrogens is 1. The van der Waals surface area contributed by atoms with Crippen molar-refractivity contribution in [3.63, 3.8) is 0 Å². The van der Waals surface area contributed by atoms with Gasteiger partial charge in [-0.15, -0.1) is 0 Å². The van der Waals surface area contributed by atoms with Crippen molar-refractivity contribution in [1.29, 1.82) is 0 Å². The van der Waals surface area contributed by atoms with Gasteiger partial charge in [0.05, 0.1) is 16.7 Å². The molecule has 4 rings (SSSR count). The van der Waals surface area contributed by atoms with Crippen LogP contribution in [0, 0.1) is 6.92 Å². The van der Waals surface area contributed by atoms with E-state index in [0.29, 0.717) is 16.9 Å². The lowest BCUT2D eigenvalue weighted by Crippen LogP contribution is -2.25. The molecule has 0 spiro atoms. The first-order chi connectivity index (χ1) is 10.7. The second-order valence-electron chi connectivity index (χ2n) is 5.29. The van der Waals surface area contributed by atoms with Crippen LogP contribution in [0.5, 0.6) is 0 Å². The third-order valence-electron chi connectivity index (χ3n) is 3.85. The predicted octanol–water partition coefficient (Wildman–Crippen LogP) is 2.22. The number of nitrogens with zero attached hydrogens (tertiary/aromatic N) is 2. The molecule has 2 aromatic carbocycles. The van der Waals surface area contributed by atoms with Crippen LogP contribution in [0.2, 0.25) is 0 Å². The number of imidazole rings is 1. The molecule has 1 N–H and O–H groups in total. The fraction of sp³-hybridized carbons (Fsp3) is 0.0588. The molecule has 0 unspecified atom stereocenters. The highest BCUT2D eigenvalue weighted by atomic mass is 16.2. The number of benzene rings is 2. The lowest BCUT2D eigenvalue weighted by molar-refractivity contribution is 0.921. The van der Waals surface area contributed by atoms with E-state index in [9.17, 15) is 9.59 Å². The number of fused-ring (bicyclic) bond motifs is 3. The van der Waals surface area contributed by atoms with Crippen LogP contribution >= 0.6 is 0 Å². The Bertz CT molecular complexity index is 1070. The maximum absolute atomic E-state index is 12.8. The van der Waals surface area contributed by atoms with Crippen LogP contribution < -0.4 is 11.2 Å². The van der Waals surface area contributed by atoms with Crippen molar-refractivity contribution < 1.29 is 0 Å². The van der Waals surface area contributed by atoms with Gasteiger partial charge in [0.25, 0.3) is 5.56 Å². The summed E-state index contributed by atoms with van der Waals surface area (Å²) in [5.41, 5.74) is 2.81. The zero-order valence-corrected chi connectivity index (χ0v) is 11.9. The summed E-state index contributed by atoms with van der Waals surface area (Å²) in [7, 11) is 0. The first-order valence-corrected chi connectivity index (χ1v) is 6.98. The van der Waals surface area contributed by atoms with Gasteiger partial charge in [-0.2, -0.15) is 0 Å². The van der Waals surface area contributed by atoms with Crippen molar-refractivity contribution in [1.82, 2.24) is 14.1 Å². The van der Waals surface area contributed by atoms with E-state index < -0.39 is 0 Å². The Morgan fingerprint density at radius 1 is 0.909 bits per heavy atom. The van der Waals surface area contributed by atoms with E-state index in [0.717, 1.165) is 11.1 Å². The minimum atomic E-state index is -0.353. The Hall–Kier alpha value is -3.08. The molecular formula is C17H13N3O2. The van der Waals surface area contributed by atoms with Gasteiger partial charge >= 0.3 is 5.69 Å². The van der Waals surface area contributed by atoms with E-state index in [1.54, 1.807) is 18.3 Å². The van der Waals surface area contributed by atoms with Gasteiger partial charge in [0.2, 0.25) is 0 Å². The smallest absolute Gasteiger partial charge is 0.341 e. The molecule has 0 radical (unpaired) electrons. The predicted molar refractivity (Wildman–Crippen MR) is 85.4 cm³/mol. The summed E-state index contributed by atoms with van der Waals surface area (Å²) >= 11 is 0. The van der Waals surface area contributed by atoms with Gasteiger partial charge in [-0.1, -0.05) is 29.8 Å². The van der Waals surface area contributed by atoms with E-state index in [4.69, 9.17) is 0 Å². The number of rotatable bonds is 1. The molecule has 0 atom stereocenters. The van der Waals surface area contributed by atoms with Crippen molar-refractivity contribution in [3.05, 3.63) is 81.1 Å². The second kappa shape index (κ2) is 4.46. The Labute approximate surface area is 125 Å². The van der Waals surface area contributed by atoms with Crippen LogP contribution in [0.1, 0.15) is 5.56 Å². The van der Waals surface area contributed by atoms with Gasteiger partial charge in [-0.3, -0.25) is 9.36 Å². The lowest BCUT2D eigenvalue weighted by Gasteiger charge is -2.05. The van der Waals surface area contributed by atoms with E-state index >= 15 is 0 Å². The van der Waals surface area contributed by atoms with E-state index in [-0.39, 0.29) is 11.2 Å². The molecule has 5 nitrogen and oxygen atoms in total. The highest BCUT2D eigenvalue weighted by molar-refractivity contribution is 5.77. The number of nitrogens with one attached hydrogen (secondary N) is 1. The monoisotopic (exact) mass is 291 g/mol. The lowest BCUT2D eigenvalue weighted by atomic mass is 10.2. The van der Waals surface area contributed by atoms with E-state index in [1.165, 1.54) is 9.13 Å². The van der Waals surface area contributed by atoms with Crippen LogP contribution in [0.15, 0.2) is 64.3 Å². The van der Waals surface area contributed by atoms with Gasteiger partial charge in [-0.05, 0) is 31.2 Å². The number of aromatic nitrogens is 3. The van der Waals surface area contributed by atoms with Crippen LogP contribution in [0.25, 0.3) is 22.4 Å². The Balaban J connectivity index is 2.15. The van der Waals surface area contributed by atoms with Crippen LogP contribution in [0.3, 0.4) is 0 Å². The standard InChI is InChI=1S/C17H13N3O2/c1-11-6-8-12(9-7-11)19-16(21)15-10-18-13-4-2-3-5-14(13)20(15)17(19)22/h2-10,18H,1H3. The summed E-state index contributed by atoms with van der Waals surface area (Å²) in [6, 6.07) is 14.7. The van der Waals surface area contributed by atoms with Crippen molar-refractivity contribution in [2.24, 2.45) is 0 Å². The minimum absolute atomic E-state index is 0.323. The van der Waals surface area contributed by atoms with Gasteiger partial charge in [-0.25, -0.2) is 9.36 Å². The summed E-state index contributed by atoms with van der Waals surface area (Å²) in [4.78, 5) is 28.4. The molecule has 0 saturated carbocycles. The molecule has 0 saturated heterocycles. The summed E-state index contributed by atoms with van der Waals surface area (Å²) in [6.45, 7) is 1.96. The average molecular weight is 291 g/mol. The quantitative estimate of drug-likeness (QED) is 0.584. The Morgan fingerprint density at radius 2 is 1.64 bits per heavy atom. The number of para-hydroxylation sites is 2. The summed E-state index contributed by atoms with van der Waals surface area (Å²) in [5.74, 6) is 0. The zero-order valence-electron chi connectivity index (χ0n) is 11.9.